The smallest absolute Gasteiger partial charge is 0.317 e. The molecule has 1 atom stereocenters. The number of likely N-dealkylation sites (tertiary alicyclic amines) is 1. The van der Waals surface area contributed by atoms with Gasteiger partial charge in [0.15, 0.2) is 0 Å². The van der Waals surface area contributed by atoms with Crippen LogP contribution in [-0.4, -0.2) is 72.5 Å². The number of carbonyl (C=O) groups excluding carboxylic acids is 2. The topological polar surface area (TPSA) is 55.9 Å². The normalized spacial score (nSPS) is 21.2. The average Bonchev–Trinajstić information content (AvgIpc) is 2.68. The van der Waals surface area contributed by atoms with Crippen LogP contribution in [-0.2, 0) is 11.3 Å². The van der Waals surface area contributed by atoms with Gasteiger partial charge < -0.3 is 15.1 Å². The lowest BCUT2D eigenvalue weighted by atomic mass is 9.98. The zero-order valence-electron chi connectivity index (χ0n) is 16.6. The summed E-state index contributed by atoms with van der Waals surface area (Å²) in [6.45, 7) is 10.3. The Kier molecular flexibility index (Phi) is 6.72. The van der Waals surface area contributed by atoms with Crippen molar-refractivity contribution in [1.29, 1.82) is 0 Å². The number of benzene rings is 1. The van der Waals surface area contributed by atoms with Crippen LogP contribution in [0.1, 0.15) is 30.9 Å². The van der Waals surface area contributed by atoms with Crippen molar-refractivity contribution in [3.8, 4) is 0 Å². The summed E-state index contributed by atoms with van der Waals surface area (Å²) in [6, 6.07) is 8.53. The van der Waals surface area contributed by atoms with Crippen LogP contribution in [0.2, 0.25) is 0 Å². The molecule has 27 heavy (non-hydrogen) atoms. The van der Waals surface area contributed by atoms with Crippen LogP contribution >= 0.6 is 0 Å². The number of rotatable bonds is 4. The summed E-state index contributed by atoms with van der Waals surface area (Å²) >= 11 is 0. The third kappa shape index (κ3) is 5.45. The molecule has 0 saturated carbocycles. The number of aryl methyl sites for hydroxylation is 1. The number of nitrogens with one attached hydrogen (secondary N) is 1. The Balaban J connectivity index is 1.39. The minimum atomic E-state index is 0.0329. The molecule has 2 aliphatic rings. The van der Waals surface area contributed by atoms with Crippen LogP contribution in [0.3, 0.4) is 0 Å². The lowest BCUT2D eigenvalue weighted by Crippen LogP contribution is -2.52. The largest absolute Gasteiger partial charge is 0.343 e. The monoisotopic (exact) mass is 372 g/mol. The number of hydrogen-bond acceptors (Lipinski definition) is 3. The van der Waals surface area contributed by atoms with E-state index >= 15 is 0 Å². The van der Waals surface area contributed by atoms with Gasteiger partial charge in [-0.15, -0.1) is 0 Å². The first-order valence-corrected chi connectivity index (χ1v) is 10.1. The van der Waals surface area contributed by atoms with Gasteiger partial charge in [0, 0.05) is 59.3 Å². The molecule has 0 aromatic heterocycles. The van der Waals surface area contributed by atoms with Crippen LogP contribution < -0.4 is 5.32 Å². The SMILES string of the molecule is CC(=O)N1CCCC(CNC(=O)N2CCN(Cc3ccccc3C)CC2)C1. The Morgan fingerprint density at radius 3 is 2.52 bits per heavy atom. The van der Waals surface area contributed by atoms with Crippen molar-refractivity contribution in [3.05, 3.63) is 35.4 Å². The van der Waals surface area contributed by atoms with Gasteiger partial charge in [0.25, 0.3) is 0 Å². The van der Waals surface area contributed by atoms with Crippen molar-refractivity contribution >= 4 is 11.9 Å². The van der Waals surface area contributed by atoms with Gasteiger partial charge in [-0.3, -0.25) is 9.69 Å². The summed E-state index contributed by atoms with van der Waals surface area (Å²) in [5.74, 6) is 0.504. The van der Waals surface area contributed by atoms with Crippen molar-refractivity contribution < 1.29 is 9.59 Å². The maximum Gasteiger partial charge on any atom is 0.317 e. The van der Waals surface area contributed by atoms with E-state index in [1.54, 1.807) is 6.92 Å². The lowest BCUT2D eigenvalue weighted by Gasteiger charge is -2.36. The van der Waals surface area contributed by atoms with Gasteiger partial charge in [0.05, 0.1) is 0 Å². The molecule has 1 aromatic carbocycles. The summed E-state index contributed by atoms with van der Waals surface area (Å²) in [5.41, 5.74) is 2.69. The molecule has 0 aliphatic carbocycles. The predicted molar refractivity (Wildman–Crippen MR) is 106 cm³/mol. The Labute approximate surface area is 162 Å². The zero-order chi connectivity index (χ0) is 19.2. The second-order valence-electron chi connectivity index (χ2n) is 7.85. The third-order valence-corrected chi connectivity index (χ3v) is 5.82. The molecule has 148 valence electrons. The maximum atomic E-state index is 12.5. The number of amides is 3. The highest BCUT2D eigenvalue weighted by Gasteiger charge is 2.24. The van der Waals surface area contributed by atoms with E-state index < -0.39 is 0 Å². The summed E-state index contributed by atoms with van der Waals surface area (Å²) in [4.78, 5) is 30.3. The highest BCUT2D eigenvalue weighted by Crippen LogP contribution is 2.16. The van der Waals surface area contributed by atoms with Crippen LogP contribution in [0.4, 0.5) is 4.79 Å². The van der Waals surface area contributed by atoms with Gasteiger partial charge in [0.1, 0.15) is 0 Å². The minimum absolute atomic E-state index is 0.0329. The maximum absolute atomic E-state index is 12.5. The van der Waals surface area contributed by atoms with Crippen molar-refractivity contribution in [3.63, 3.8) is 0 Å². The van der Waals surface area contributed by atoms with Gasteiger partial charge in [-0.1, -0.05) is 24.3 Å². The molecule has 2 saturated heterocycles. The van der Waals surface area contributed by atoms with E-state index in [2.05, 4.69) is 41.4 Å². The predicted octanol–water partition coefficient (Wildman–Crippen LogP) is 2.08. The van der Waals surface area contributed by atoms with Crippen LogP contribution in [0.25, 0.3) is 0 Å². The van der Waals surface area contributed by atoms with E-state index in [1.807, 2.05) is 9.80 Å². The van der Waals surface area contributed by atoms with Crippen molar-refractivity contribution in [2.24, 2.45) is 5.92 Å². The highest BCUT2D eigenvalue weighted by molar-refractivity contribution is 5.74. The molecule has 2 fully saturated rings. The zero-order valence-corrected chi connectivity index (χ0v) is 16.6. The molecule has 1 aromatic rings. The molecule has 0 radical (unpaired) electrons. The first kappa shape index (κ1) is 19.7. The van der Waals surface area contributed by atoms with Gasteiger partial charge >= 0.3 is 6.03 Å². The second kappa shape index (κ2) is 9.22. The van der Waals surface area contributed by atoms with E-state index in [0.29, 0.717) is 12.5 Å². The summed E-state index contributed by atoms with van der Waals surface area (Å²) in [5, 5.41) is 3.09. The number of nitrogens with zero attached hydrogens (tertiary/aromatic N) is 3. The first-order valence-electron chi connectivity index (χ1n) is 10.1. The third-order valence-electron chi connectivity index (χ3n) is 5.82. The van der Waals surface area contributed by atoms with Gasteiger partial charge in [0.2, 0.25) is 5.91 Å². The van der Waals surface area contributed by atoms with Gasteiger partial charge in [-0.25, -0.2) is 4.79 Å². The fourth-order valence-corrected chi connectivity index (χ4v) is 4.00. The molecule has 1 unspecified atom stereocenters. The Morgan fingerprint density at radius 2 is 1.81 bits per heavy atom. The van der Waals surface area contributed by atoms with Crippen LogP contribution in [0, 0.1) is 12.8 Å². The van der Waals surface area contributed by atoms with E-state index in [1.165, 1.54) is 11.1 Å². The van der Waals surface area contributed by atoms with E-state index in [0.717, 1.165) is 58.7 Å². The molecule has 2 aliphatic heterocycles. The minimum Gasteiger partial charge on any atom is -0.343 e. The lowest BCUT2D eigenvalue weighted by molar-refractivity contribution is -0.130. The van der Waals surface area contributed by atoms with Crippen molar-refractivity contribution in [2.75, 3.05) is 45.8 Å². The van der Waals surface area contributed by atoms with Gasteiger partial charge in [-0.2, -0.15) is 0 Å². The number of piperazine rings is 1. The second-order valence-corrected chi connectivity index (χ2v) is 7.85. The number of hydrogen-bond donors (Lipinski definition) is 1. The van der Waals surface area contributed by atoms with E-state index in [-0.39, 0.29) is 11.9 Å². The van der Waals surface area contributed by atoms with Crippen LogP contribution in [0.15, 0.2) is 24.3 Å². The number of carbonyl (C=O) groups is 2. The fraction of sp³-hybridized carbons (Fsp3) is 0.619. The van der Waals surface area contributed by atoms with Crippen LogP contribution in [0.5, 0.6) is 0 Å². The summed E-state index contributed by atoms with van der Waals surface area (Å²) < 4.78 is 0. The molecule has 3 amide bonds. The standard InChI is InChI=1S/C21H32N4O2/c1-17-6-3-4-8-20(17)16-23-10-12-24(13-11-23)21(27)22-14-19-7-5-9-25(15-19)18(2)26/h3-4,6,8,19H,5,7,9-16H2,1-2H3,(H,22,27). The average molecular weight is 373 g/mol. The Hall–Kier alpha value is -2.08. The van der Waals surface area contributed by atoms with Gasteiger partial charge in [-0.05, 0) is 36.8 Å². The van der Waals surface area contributed by atoms with E-state index in [9.17, 15) is 9.59 Å². The van der Waals surface area contributed by atoms with Crippen molar-refractivity contribution in [2.45, 2.75) is 33.2 Å². The Morgan fingerprint density at radius 1 is 1.07 bits per heavy atom. The molecule has 0 bridgehead atoms. The summed E-state index contributed by atoms with van der Waals surface area (Å²) in [6.07, 6.45) is 2.10. The molecular formula is C21H32N4O2. The molecule has 6 heteroatoms. The summed E-state index contributed by atoms with van der Waals surface area (Å²) in [7, 11) is 0. The number of urea groups is 1. The molecule has 1 N–H and O–H groups in total. The molecule has 0 spiro atoms. The highest BCUT2D eigenvalue weighted by atomic mass is 16.2. The molecule has 2 heterocycles. The number of piperidine rings is 1. The Bertz CT molecular complexity index is 655. The first-order chi connectivity index (χ1) is 13.0. The fourth-order valence-electron chi connectivity index (χ4n) is 4.00. The quantitative estimate of drug-likeness (QED) is 0.880. The molecular weight excluding hydrogens is 340 g/mol. The molecule has 6 nitrogen and oxygen atoms in total. The van der Waals surface area contributed by atoms with Crippen molar-refractivity contribution in [1.82, 2.24) is 20.0 Å². The van der Waals surface area contributed by atoms with E-state index in [4.69, 9.17) is 0 Å². The molecule has 3 rings (SSSR count).